The van der Waals surface area contributed by atoms with E-state index in [4.69, 9.17) is 5.73 Å². The minimum absolute atomic E-state index is 0.113. The number of hydrogen-bond acceptors (Lipinski definition) is 2. The smallest absolute Gasteiger partial charge is 0.225 e. The monoisotopic (exact) mass is 236 g/mol. The molecule has 3 rings (SSSR count). The molecular formula is C13H20N2O2. The van der Waals surface area contributed by atoms with Gasteiger partial charge < -0.3 is 10.6 Å². The number of carbonyl (C=O) groups excluding carboxylic acids is 2. The summed E-state index contributed by atoms with van der Waals surface area (Å²) in [7, 11) is 0. The molecule has 0 aromatic carbocycles. The molecule has 17 heavy (non-hydrogen) atoms. The standard InChI is InChI=1S/C13H20N2O2/c14-12(16)10-3-4-15(7-10)13(17)11-6-8-1-2-9(11)5-8/h8-11H,1-7H2,(H2,14,16)/t8-,9-,10-,11-/m0/s1. The highest BCUT2D eigenvalue weighted by molar-refractivity contribution is 5.82. The first kappa shape index (κ1) is 11.1. The van der Waals surface area contributed by atoms with E-state index in [0.717, 1.165) is 25.3 Å². The van der Waals surface area contributed by atoms with Crippen LogP contribution in [0.5, 0.6) is 0 Å². The minimum atomic E-state index is -0.256. The lowest BCUT2D eigenvalue weighted by Gasteiger charge is -2.26. The molecule has 4 nitrogen and oxygen atoms in total. The van der Waals surface area contributed by atoms with E-state index in [9.17, 15) is 9.59 Å². The third-order valence-corrected chi connectivity index (χ3v) is 4.96. The Bertz CT molecular complexity index is 355. The molecule has 3 fully saturated rings. The molecule has 0 aromatic heterocycles. The van der Waals surface area contributed by atoms with Gasteiger partial charge in [-0.25, -0.2) is 0 Å². The second-order valence-corrected chi connectivity index (χ2v) is 5.95. The minimum Gasteiger partial charge on any atom is -0.369 e. The maximum absolute atomic E-state index is 12.4. The fourth-order valence-corrected chi connectivity index (χ4v) is 3.97. The van der Waals surface area contributed by atoms with Gasteiger partial charge in [-0.2, -0.15) is 0 Å². The third-order valence-electron chi connectivity index (χ3n) is 4.96. The molecule has 0 radical (unpaired) electrons. The van der Waals surface area contributed by atoms with Crippen molar-refractivity contribution in [2.45, 2.75) is 32.1 Å². The van der Waals surface area contributed by atoms with Gasteiger partial charge in [0.25, 0.3) is 0 Å². The molecule has 2 amide bonds. The number of carbonyl (C=O) groups is 2. The van der Waals surface area contributed by atoms with Crippen LogP contribution in [0.25, 0.3) is 0 Å². The number of primary amides is 1. The summed E-state index contributed by atoms with van der Waals surface area (Å²) in [5, 5.41) is 0. The number of nitrogens with two attached hydrogens (primary N) is 1. The van der Waals surface area contributed by atoms with Crippen molar-refractivity contribution in [1.82, 2.24) is 4.90 Å². The average Bonchev–Trinajstić information content (AvgIpc) is 3.03. The van der Waals surface area contributed by atoms with Gasteiger partial charge in [-0.1, -0.05) is 6.42 Å². The molecule has 1 aliphatic heterocycles. The summed E-state index contributed by atoms with van der Waals surface area (Å²) >= 11 is 0. The van der Waals surface area contributed by atoms with Crippen molar-refractivity contribution in [3.05, 3.63) is 0 Å². The lowest BCUT2D eigenvalue weighted by molar-refractivity contribution is -0.136. The van der Waals surface area contributed by atoms with E-state index in [1.807, 2.05) is 4.90 Å². The molecule has 2 bridgehead atoms. The van der Waals surface area contributed by atoms with E-state index in [1.54, 1.807) is 0 Å². The first-order valence-corrected chi connectivity index (χ1v) is 6.73. The van der Waals surface area contributed by atoms with Crippen molar-refractivity contribution in [2.75, 3.05) is 13.1 Å². The highest BCUT2D eigenvalue weighted by Crippen LogP contribution is 2.49. The van der Waals surface area contributed by atoms with E-state index in [1.165, 1.54) is 19.3 Å². The van der Waals surface area contributed by atoms with Crippen LogP contribution < -0.4 is 5.73 Å². The molecule has 1 heterocycles. The van der Waals surface area contributed by atoms with E-state index < -0.39 is 0 Å². The summed E-state index contributed by atoms with van der Waals surface area (Å²) in [6, 6.07) is 0. The number of amides is 2. The van der Waals surface area contributed by atoms with Crippen molar-refractivity contribution >= 4 is 11.8 Å². The lowest BCUT2D eigenvalue weighted by atomic mass is 9.88. The third kappa shape index (κ3) is 1.83. The largest absolute Gasteiger partial charge is 0.369 e. The quantitative estimate of drug-likeness (QED) is 0.769. The Labute approximate surface area is 102 Å². The van der Waals surface area contributed by atoms with Crippen LogP contribution in [0.15, 0.2) is 0 Å². The Morgan fingerprint density at radius 2 is 1.94 bits per heavy atom. The molecule has 0 unspecified atom stereocenters. The predicted molar refractivity (Wildman–Crippen MR) is 62.8 cm³/mol. The van der Waals surface area contributed by atoms with Crippen LogP contribution in [-0.4, -0.2) is 29.8 Å². The van der Waals surface area contributed by atoms with Gasteiger partial charge in [0, 0.05) is 19.0 Å². The summed E-state index contributed by atoms with van der Waals surface area (Å²) in [4.78, 5) is 25.4. The number of fused-ring (bicyclic) bond motifs is 2. The van der Waals surface area contributed by atoms with E-state index in [0.29, 0.717) is 18.4 Å². The van der Waals surface area contributed by atoms with Crippen LogP contribution in [0.4, 0.5) is 0 Å². The normalized spacial score (nSPS) is 39.9. The average molecular weight is 236 g/mol. The van der Waals surface area contributed by atoms with Gasteiger partial charge in [-0.3, -0.25) is 9.59 Å². The van der Waals surface area contributed by atoms with Gasteiger partial charge in [0.1, 0.15) is 0 Å². The molecule has 2 saturated carbocycles. The molecule has 94 valence electrons. The summed E-state index contributed by atoms with van der Waals surface area (Å²) < 4.78 is 0. The molecule has 3 aliphatic rings. The fourth-order valence-electron chi connectivity index (χ4n) is 3.97. The molecule has 2 aliphatic carbocycles. The van der Waals surface area contributed by atoms with Crippen molar-refractivity contribution < 1.29 is 9.59 Å². The molecule has 0 aromatic rings. The van der Waals surface area contributed by atoms with E-state index in [-0.39, 0.29) is 17.7 Å². The van der Waals surface area contributed by atoms with Crippen molar-refractivity contribution in [2.24, 2.45) is 29.4 Å². The summed E-state index contributed by atoms with van der Waals surface area (Å²) in [5.74, 6) is 1.59. The number of nitrogens with zero attached hydrogens (tertiary/aromatic N) is 1. The van der Waals surface area contributed by atoms with Gasteiger partial charge in [-0.15, -0.1) is 0 Å². The SMILES string of the molecule is NC(=O)[C@H]1CCN(C(=O)[C@H]2C[C@H]3CC[C@H]2C3)C1. The van der Waals surface area contributed by atoms with Crippen molar-refractivity contribution in [3.8, 4) is 0 Å². The zero-order valence-electron chi connectivity index (χ0n) is 10.1. The summed E-state index contributed by atoms with van der Waals surface area (Å²) in [6.07, 6.45) is 5.64. The Morgan fingerprint density at radius 1 is 1.12 bits per heavy atom. The molecule has 4 heteroatoms. The highest BCUT2D eigenvalue weighted by Gasteiger charge is 2.45. The Hall–Kier alpha value is -1.06. The second-order valence-electron chi connectivity index (χ2n) is 5.95. The molecule has 1 saturated heterocycles. The van der Waals surface area contributed by atoms with Crippen LogP contribution in [0.1, 0.15) is 32.1 Å². The molecular weight excluding hydrogens is 216 g/mol. The summed E-state index contributed by atoms with van der Waals surface area (Å²) in [5.41, 5.74) is 5.30. The number of likely N-dealkylation sites (tertiary alicyclic amines) is 1. The van der Waals surface area contributed by atoms with Crippen LogP contribution in [-0.2, 0) is 9.59 Å². The van der Waals surface area contributed by atoms with Crippen molar-refractivity contribution in [3.63, 3.8) is 0 Å². The van der Waals surface area contributed by atoms with Gasteiger partial charge in [0.05, 0.1) is 5.92 Å². The zero-order chi connectivity index (χ0) is 12.0. The zero-order valence-corrected chi connectivity index (χ0v) is 10.1. The Kier molecular flexibility index (Phi) is 2.60. The topological polar surface area (TPSA) is 63.4 Å². The van der Waals surface area contributed by atoms with Gasteiger partial charge in [-0.05, 0) is 37.5 Å². The van der Waals surface area contributed by atoms with E-state index in [2.05, 4.69) is 0 Å². The Balaban J connectivity index is 1.62. The molecule has 0 spiro atoms. The van der Waals surface area contributed by atoms with Crippen LogP contribution in [0, 0.1) is 23.7 Å². The van der Waals surface area contributed by atoms with Gasteiger partial charge in [0.2, 0.25) is 11.8 Å². The lowest BCUT2D eigenvalue weighted by Crippen LogP contribution is -2.37. The van der Waals surface area contributed by atoms with Crippen molar-refractivity contribution in [1.29, 1.82) is 0 Å². The predicted octanol–water partition coefficient (Wildman–Crippen LogP) is 0.756. The number of rotatable bonds is 2. The maximum atomic E-state index is 12.4. The van der Waals surface area contributed by atoms with Crippen LogP contribution >= 0.6 is 0 Å². The maximum Gasteiger partial charge on any atom is 0.225 e. The Morgan fingerprint density at radius 3 is 2.47 bits per heavy atom. The van der Waals surface area contributed by atoms with Crippen LogP contribution in [0.2, 0.25) is 0 Å². The van der Waals surface area contributed by atoms with E-state index >= 15 is 0 Å². The fraction of sp³-hybridized carbons (Fsp3) is 0.846. The van der Waals surface area contributed by atoms with Crippen LogP contribution in [0.3, 0.4) is 0 Å². The van der Waals surface area contributed by atoms with Gasteiger partial charge >= 0.3 is 0 Å². The highest BCUT2D eigenvalue weighted by atomic mass is 16.2. The summed E-state index contributed by atoms with van der Waals surface area (Å²) in [6.45, 7) is 1.28. The number of hydrogen-bond donors (Lipinski definition) is 1. The first-order chi connectivity index (χ1) is 8.15. The first-order valence-electron chi connectivity index (χ1n) is 6.73. The second kappa shape index (κ2) is 4.00. The van der Waals surface area contributed by atoms with Gasteiger partial charge in [0.15, 0.2) is 0 Å². The molecule has 4 atom stereocenters. The molecule has 2 N–H and O–H groups in total.